The third-order valence-corrected chi connectivity index (χ3v) is 3.76. The van der Waals surface area contributed by atoms with Crippen LogP contribution in [0.2, 0.25) is 0 Å². The van der Waals surface area contributed by atoms with Gasteiger partial charge in [-0.15, -0.1) is 0 Å². The molecule has 0 aliphatic heterocycles. The number of aromatic nitrogens is 1. The number of anilines is 1. The van der Waals surface area contributed by atoms with Crippen LogP contribution in [0.15, 0.2) is 41.6 Å². The van der Waals surface area contributed by atoms with E-state index in [4.69, 9.17) is 0 Å². The number of aryl methyl sites for hydroxylation is 1. The number of pyridine rings is 1. The summed E-state index contributed by atoms with van der Waals surface area (Å²) in [5.41, 5.74) is -0.0709. The van der Waals surface area contributed by atoms with E-state index in [1.165, 1.54) is 18.2 Å². The number of carbonyl (C=O) groups excluding carboxylic acids is 1. The molecule has 0 bridgehead atoms. The summed E-state index contributed by atoms with van der Waals surface area (Å²) in [4.78, 5) is 15.4. The Bertz CT molecular complexity index is 702. The summed E-state index contributed by atoms with van der Waals surface area (Å²) in [6, 6.07) is 6.48. The van der Waals surface area contributed by atoms with Gasteiger partial charge in [0.15, 0.2) is 0 Å². The van der Waals surface area contributed by atoms with Crippen LogP contribution in [0.3, 0.4) is 0 Å². The van der Waals surface area contributed by atoms with Crippen molar-refractivity contribution in [3.63, 3.8) is 0 Å². The number of hydrogen-bond donors (Lipinski definition) is 1. The van der Waals surface area contributed by atoms with Crippen molar-refractivity contribution in [3.8, 4) is 0 Å². The molecule has 8 heteroatoms. The van der Waals surface area contributed by atoms with Crippen molar-refractivity contribution in [1.82, 2.24) is 4.98 Å². The first kappa shape index (κ1) is 17.3. The number of alkyl halides is 3. The Morgan fingerprint density at radius 3 is 2.57 bits per heavy atom. The van der Waals surface area contributed by atoms with E-state index in [0.717, 1.165) is 23.4 Å². The summed E-state index contributed by atoms with van der Waals surface area (Å²) in [7, 11) is 0. The van der Waals surface area contributed by atoms with Gasteiger partial charge in [0.1, 0.15) is 5.82 Å². The van der Waals surface area contributed by atoms with Crippen LogP contribution >= 0.6 is 11.8 Å². The minimum Gasteiger partial charge on any atom is -0.323 e. The van der Waals surface area contributed by atoms with Crippen molar-refractivity contribution >= 4 is 23.4 Å². The van der Waals surface area contributed by atoms with Crippen LogP contribution < -0.4 is 5.32 Å². The molecule has 0 saturated heterocycles. The number of rotatable bonds is 4. The summed E-state index contributed by atoms with van der Waals surface area (Å²) in [5.74, 6) is -1.11. The highest BCUT2D eigenvalue weighted by Crippen LogP contribution is 2.29. The molecule has 0 aliphatic carbocycles. The van der Waals surface area contributed by atoms with Crippen LogP contribution in [0.5, 0.6) is 0 Å². The van der Waals surface area contributed by atoms with Crippen LogP contribution in [-0.4, -0.2) is 16.6 Å². The van der Waals surface area contributed by atoms with E-state index >= 15 is 0 Å². The first-order valence-corrected chi connectivity index (χ1v) is 7.46. The van der Waals surface area contributed by atoms with E-state index in [1.807, 2.05) is 0 Å². The zero-order chi connectivity index (χ0) is 17.0. The quantitative estimate of drug-likeness (QED) is 0.665. The van der Waals surface area contributed by atoms with Crippen LogP contribution in [0, 0.1) is 12.7 Å². The fraction of sp³-hybridized carbons (Fsp3) is 0.200. The Morgan fingerprint density at radius 2 is 2.00 bits per heavy atom. The molecule has 1 heterocycles. The fourth-order valence-corrected chi connectivity index (χ4v) is 2.32. The van der Waals surface area contributed by atoms with E-state index < -0.39 is 23.5 Å². The number of thioether (sulfide) groups is 1. The molecule has 0 fully saturated rings. The molecule has 0 radical (unpaired) electrons. The molecular formula is C15H12F4N2OS. The van der Waals surface area contributed by atoms with Crippen molar-refractivity contribution in [2.24, 2.45) is 0 Å². The van der Waals surface area contributed by atoms with Crippen LogP contribution in [0.4, 0.5) is 23.2 Å². The van der Waals surface area contributed by atoms with Crippen molar-refractivity contribution in [2.75, 3.05) is 11.1 Å². The highest BCUT2D eigenvalue weighted by atomic mass is 32.2. The molecule has 23 heavy (non-hydrogen) atoms. The molecule has 0 atom stereocenters. The molecule has 1 amide bonds. The van der Waals surface area contributed by atoms with Crippen LogP contribution in [0.1, 0.15) is 11.1 Å². The van der Waals surface area contributed by atoms with Gasteiger partial charge in [0.05, 0.1) is 22.0 Å². The number of hydrogen-bond acceptors (Lipinski definition) is 3. The molecule has 0 saturated carbocycles. The van der Waals surface area contributed by atoms with Gasteiger partial charge in [-0.1, -0.05) is 17.8 Å². The second-order valence-corrected chi connectivity index (χ2v) is 5.70. The van der Waals surface area contributed by atoms with E-state index in [-0.39, 0.29) is 16.5 Å². The van der Waals surface area contributed by atoms with Gasteiger partial charge in [0, 0.05) is 6.20 Å². The van der Waals surface area contributed by atoms with E-state index in [1.54, 1.807) is 13.0 Å². The lowest BCUT2D eigenvalue weighted by atomic mass is 10.2. The number of benzene rings is 1. The minimum absolute atomic E-state index is 0.0570. The number of nitrogens with zero attached hydrogens (tertiary/aromatic N) is 1. The molecule has 1 aromatic heterocycles. The number of amides is 1. The SMILES string of the molecule is Cc1ccc(NC(=O)CSc2ccc(C(F)(F)F)cn2)c(F)c1. The predicted molar refractivity (Wildman–Crippen MR) is 79.7 cm³/mol. The molecule has 122 valence electrons. The summed E-state index contributed by atoms with van der Waals surface area (Å²) in [6.45, 7) is 1.72. The van der Waals surface area contributed by atoms with Crippen LogP contribution in [0.25, 0.3) is 0 Å². The molecule has 0 unspecified atom stereocenters. The molecule has 0 aliphatic rings. The highest BCUT2D eigenvalue weighted by molar-refractivity contribution is 7.99. The first-order valence-electron chi connectivity index (χ1n) is 6.48. The zero-order valence-electron chi connectivity index (χ0n) is 11.9. The maximum absolute atomic E-state index is 13.6. The maximum Gasteiger partial charge on any atom is 0.417 e. The van der Waals surface area contributed by atoms with Gasteiger partial charge < -0.3 is 5.32 Å². The Hall–Kier alpha value is -2.09. The lowest BCUT2D eigenvalue weighted by molar-refractivity contribution is -0.137. The molecule has 0 spiro atoms. The third-order valence-electron chi connectivity index (χ3n) is 2.81. The molecule has 2 aromatic rings. The van der Waals surface area contributed by atoms with Gasteiger partial charge in [0.2, 0.25) is 5.91 Å². The highest BCUT2D eigenvalue weighted by Gasteiger charge is 2.30. The van der Waals surface area contributed by atoms with Gasteiger partial charge in [-0.2, -0.15) is 13.2 Å². The zero-order valence-corrected chi connectivity index (χ0v) is 12.8. The average Bonchev–Trinajstić information content (AvgIpc) is 2.47. The molecular weight excluding hydrogens is 332 g/mol. The van der Waals surface area contributed by atoms with Gasteiger partial charge in [-0.05, 0) is 36.8 Å². The van der Waals surface area contributed by atoms with Crippen molar-refractivity contribution in [3.05, 3.63) is 53.5 Å². The maximum atomic E-state index is 13.6. The number of halogens is 4. The standard InChI is InChI=1S/C15H12F4N2OS/c1-9-2-4-12(11(16)6-9)21-13(22)8-23-14-5-3-10(7-20-14)15(17,18)19/h2-7H,8H2,1H3,(H,21,22). The summed E-state index contributed by atoms with van der Waals surface area (Å²) in [6.07, 6.45) is -3.74. The Labute approximate surface area is 134 Å². The van der Waals surface area contributed by atoms with Crippen LogP contribution in [-0.2, 0) is 11.0 Å². The molecule has 1 aromatic carbocycles. The Balaban J connectivity index is 1.91. The van der Waals surface area contributed by atoms with Crippen molar-refractivity contribution in [2.45, 2.75) is 18.1 Å². The summed E-state index contributed by atoms with van der Waals surface area (Å²) < 4.78 is 50.8. The van der Waals surface area contributed by atoms with Gasteiger partial charge in [-0.3, -0.25) is 4.79 Å². The smallest absolute Gasteiger partial charge is 0.323 e. The first-order chi connectivity index (χ1) is 10.8. The molecule has 3 nitrogen and oxygen atoms in total. The third kappa shape index (κ3) is 4.95. The fourth-order valence-electron chi connectivity index (χ4n) is 1.68. The largest absolute Gasteiger partial charge is 0.417 e. The van der Waals surface area contributed by atoms with Gasteiger partial charge >= 0.3 is 6.18 Å². The predicted octanol–water partition coefficient (Wildman–Crippen LogP) is 4.28. The topological polar surface area (TPSA) is 42.0 Å². The number of carbonyl (C=O) groups is 1. The van der Waals surface area contributed by atoms with E-state index in [9.17, 15) is 22.4 Å². The summed E-state index contributed by atoms with van der Waals surface area (Å²) >= 11 is 0.963. The van der Waals surface area contributed by atoms with E-state index in [0.29, 0.717) is 6.20 Å². The van der Waals surface area contributed by atoms with Crippen molar-refractivity contribution in [1.29, 1.82) is 0 Å². The number of nitrogens with one attached hydrogen (secondary N) is 1. The molecule has 2 rings (SSSR count). The molecule has 1 N–H and O–H groups in total. The van der Waals surface area contributed by atoms with Gasteiger partial charge in [0.25, 0.3) is 0 Å². The average molecular weight is 344 g/mol. The second-order valence-electron chi connectivity index (χ2n) is 4.70. The minimum atomic E-state index is -4.45. The second kappa shape index (κ2) is 6.99. The lowest BCUT2D eigenvalue weighted by Crippen LogP contribution is -2.15. The van der Waals surface area contributed by atoms with E-state index in [2.05, 4.69) is 10.3 Å². The van der Waals surface area contributed by atoms with Crippen molar-refractivity contribution < 1.29 is 22.4 Å². The normalized spacial score (nSPS) is 11.3. The Morgan fingerprint density at radius 1 is 1.26 bits per heavy atom. The monoisotopic (exact) mass is 344 g/mol. The van der Waals surface area contributed by atoms with Gasteiger partial charge in [-0.25, -0.2) is 9.37 Å². The lowest BCUT2D eigenvalue weighted by Gasteiger charge is -2.08. The summed E-state index contributed by atoms with van der Waals surface area (Å²) in [5, 5.41) is 2.68. The Kier molecular flexibility index (Phi) is 5.25.